The summed E-state index contributed by atoms with van der Waals surface area (Å²) in [7, 11) is 0. The molecule has 2 fully saturated rings. The molecule has 0 saturated carbocycles. The number of amides is 2. The quantitative estimate of drug-likeness (QED) is 0.602. The van der Waals surface area contributed by atoms with Crippen molar-refractivity contribution in [2.24, 2.45) is 11.3 Å². The van der Waals surface area contributed by atoms with Crippen molar-refractivity contribution in [3.8, 4) is 0 Å². The fourth-order valence-corrected chi connectivity index (χ4v) is 4.49. The topological polar surface area (TPSA) is 82.1 Å². The Morgan fingerprint density at radius 2 is 1.89 bits per heavy atom. The van der Waals surface area contributed by atoms with Crippen LogP contribution in [-0.2, 0) is 9.53 Å². The van der Waals surface area contributed by atoms with E-state index in [9.17, 15) is 27.9 Å². The van der Waals surface area contributed by atoms with Gasteiger partial charge in [0.05, 0.1) is 30.3 Å². The first kappa shape index (κ1) is 27.5. The number of carbonyl (C=O) groups is 2. The first-order chi connectivity index (χ1) is 16.2. The summed E-state index contributed by atoms with van der Waals surface area (Å²) >= 11 is 5.86. The van der Waals surface area contributed by atoms with E-state index in [1.165, 1.54) is 17.0 Å². The summed E-state index contributed by atoms with van der Waals surface area (Å²) in [5, 5.41) is 12.5. The highest BCUT2D eigenvalue weighted by Gasteiger charge is 2.40. The minimum Gasteiger partial charge on any atom is -0.465 e. The fraction of sp³-hybridized carbons (Fsp3) is 0.667. The van der Waals surface area contributed by atoms with Crippen LogP contribution < -0.4 is 5.32 Å². The van der Waals surface area contributed by atoms with Gasteiger partial charge in [-0.25, -0.2) is 18.0 Å². The van der Waals surface area contributed by atoms with E-state index in [1.807, 2.05) is 20.8 Å². The van der Waals surface area contributed by atoms with E-state index in [0.29, 0.717) is 5.56 Å². The number of nitrogens with zero attached hydrogens (tertiary/aromatic N) is 2. The number of nitrogens with one attached hydrogen (secondary N) is 1. The van der Waals surface area contributed by atoms with Gasteiger partial charge in [0.15, 0.2) is 0 Å². The Balaban J connectivity index is 1.78. The summed E-state index contributed by atoms with van der Waals surface area (Å²) in [5.41, 5.74) is 0.0802. The van der Waals surface area contributed by atoms with Gasteiger partial charge in [-0.15, -0.1) is 0 Å². The van der Waals surface area contributed by atoms with Crippen molar-refractivity contribution in [3.05, 3.63) is 34.6 Å². The van der Waals surface area contributed by atoms with Crippen molar-refractivity contribution in [1.29, 1.82) is 0 Å². The first-order valence-corrected chi connectivity index (χ1v) is 12.1. The lowest BCUT2D eigenvalue weighted by molar-refractivity contribution is -0.125. The normalized spacial score (nSPS) is 25.7. The molecule has 1 unspecified atom stereocenters. The van der Waals surface area contributed by atoms with Crippen molar-refractivity contribution >= 4 is 23.6 Å². The van der Waals surface area contributed by atoms with Gasteiger partial charge in [0.1, 0.15) is 5.82 Å². The van der Waals surface area contributed by atoms with E-state index < -0.39 is 41.4 Å². The molecule has 2 N–H and O–H groups in total. The van der Waals surface area contributed by atoms with Crippen LogP contribution in [0.4, 0.5) is 18.0 Å². The second-order valence-corrected chi connectivity index (χ2v) is 10.9. The molecule has 7 nitrogen and oxygen atoms in total. The van der Waals surface area contributed by atoms with Crippen LogP contribution in [0.5, 0.6) is 0 Å². The molecule has 2 amide bonds. The van der Waals surface area contributed by atoms with Gasteiger partial charge in [0, 0.05) is 44.9 Å². The van der Waals surface area contributed by atoms with Gasteiger partial charge in [-0.05, 0) is 23.1 Å². The fourth-order valence-electron chi connectivity index (χ4n) is 4.37. The summed E-state index contributed by atoms with van der Waals surface area (Å²) < 4.78 is 47.5. The molecule has 0 aliphatic carbocycles. The molecule has 2 heterocycles. The maximum Gasteiger partial charge on any atom is 0.407 e. The Morgan fingerprint density at radius 1 is 1.23 bits per heavy atom. The number of likely N-dealkylation sites (tertiary alicyclic amines) is 1. The molecule has 0 aromatic heterocycles. The number of benzene rings is 1. The summed E-state index contributed by atoms with van der Waals surface area (Å²) in [6.07, 6.45) is -2.88. The van der Waals surface area contributed by atoms with E-state index in [2.05, 4.69) is 5.32 Å². The Morgan fingerprint density at radius 3 is 2.46 bits per heavy atom. The summed E-state index contributed by atoms with van der Waals surface area (Å²) in [5.74, 6) is -4.19. The van der Waals surface area contributed by atoms with Crippen LogP contribution in [0.1, 0.15) is 45.3 Å². The molecule has 11 heteroatoms. The van der Waals surface area contributed by atoms with Gasteiger partial charge in [0.25, 0.3) is 5.92 Å². The SMILES string of the molecule is CC(C)(C)C1CN(C(=O)O)C[C@@H](CNC(=O)CN2CCC(F)(F)CC2)[C@H](c2ccc(Cl)c(F)c2)O1. The maximum atomic E-state index is 14.3. The van der Waals surface area contributed by atoms with Gasteiger partial charge in [-0.3, -0.25) is 9.69 Å². The van der Waals surface area contributed by atoms with Crippen LogP contribution in [0.2, 0.25) is 5.02 Å². The second-order valence-electron chi connectivity index (χ2n) is 10.5. The third-order valence-electron chi connectivity index (χ3n) is 6.60. The smallest absolute Gasteiger partial charge is 0.407 e. The second kappa shape index (κ2) is 10.9. The minimum absolute atomic E-state index is 0.0306. The van der Waals surface area contributed by atoms with E-state index in [4.69, 9.17) is 16.3 Å². The molecule has 2 aliphatic rings. The van der Waals surface area contributed by atoms with Gasteiger partial charge < -0.3 is 20.1 Å². The Hall–Kier alpha value is -2.04. The number of hydrogen-bond donors (Lipinski definition) is 2. The number of piperidine rings is 1. The summed E-state index contributed by atoms with van der Waals surface area (Å²) in [6.45, 7) is 6.27. The van der Waals surface area contributed by atoms with E-state index >= 15 is 0 Å². The number of alkyl halides is 2. The molecule has 2 aliphatic heterocycles. The molecule has 1 aromatic rings. The zero-order valence-corrected chi connectivity index (χ0v) is 21.0. The molecule has 2 saturated heterocycles. The number of ether oxygens (including phenoxy) is 1. The molecule has 196 valence electrons. The highest BCUT2D eigenvalue weighted by molar-refractivity contribution is 6.30. The maximum absolute atomic E-state index is 14.3. The molecule has 0 spiro atoms. The average molecular weight is 520 g/mol. The van der Waals surface area contributed by atoms with Crippen molar-refractivity contribution in [1.82, 2.24) is 15.1 Å². The zero-order chi connectivity index (χ0) is 26.0. The summed E-state index contributed by atoms with van der Waals surface area (Å²) in [6, 6.07) is 4.32. The van der Waals surface area contributed by atoms with Gasteiger partial charge in [-0.2, -0.15) is 0 Å². The van der Waals surface area contributed by atoms with E-state index in [-0.39, 0.29) is 63.0 Å². The molecular weight excluding hydrogens is 487 g/mol. The van der Waals surface area contributed by atoms with Gasteiger partial charge in [-0.1, -0.05) is 38.4 Å². The molecule has 35 heavy (non-hydrogen) atoms. The van der Waals surface area contributed by atoms with Gasteiger partial charge in [0.2, 0.25) is 5.91 Å². The number of carboxylic acid groups (broad SMARTS) is 1. The van der Waals surface area contributed by atoms with Crippen LogP contribution in [0.3, 0.4) is 0 Å². The third-order valence-corrected chi connectivity index (χ3v) is 6.91. The average Bonchev–Trinajstić information content (AvgIpc) is 2.96. The lowest BCUT2D eigenvalue weighted by atomic mass is 9.88. The third kappa shape index (κ3) is 7.47. The predicted molar refractivity (Wildman–Crippen MR) is 125 cm³/mol. The molecule has 3 atom stereocenters. The Kier molecular flexibility index (Phi) is 8.60. The monoisotopic (exact) mass is 519 g/mol. The molecule has 0 radical (unpaired) electrons. The number of halogens is 4. The lowest BCUT2D eigenvalue weighted by Gasteiger charge is -2.34. The molecule has 3 rings (SSSR count). The van der Waals surface area contributed by atoms with Crippen LogP contribution >= 0.6 is 11.6 Å². The molecule has 1 aromatic carbocycles. The van der Waals surface area contributed by atoms with Crippen molar-refractivity contribution in [2.75, 3.05) is 39.3 Å². The van der Waals surface area contributed by atoms with Gasteiger partial charge >= 0.3 is 6.09 Å². The summed E-state index contributed by atoms with van der Waals surface area (Å²) in [4.78, 5) is 27.5. The van der Waals surface area contributed by atoms with E-state index in [0.717, 1.165) is 0 Å². The van der Waals surface area contributed by atoms with Crippen LogP contribution in [0.15, 0.2) is 18.2 Å². The standard InChI is InChI=1S/C24H33ClF3N3O4/c1-23(2,3)19-13-31(22(33)34)12-16(21(35-19)15-4-5-17(25)18(26)10-15)11-29-20(32)14-30-8-6-24(27,28)7-9-30/h4-5,10,16,19,21H,6-9,11-14H2,1-3H3,(H,29,32)(H,33,34)/t16-,19?,21+/m1/s1. The Labute approximate surface area is 208 Å². The minimum atomic E-state index is -2.70. The van der Waals surface area contributed by atoms with E-state index in [1.54, 1.807) is 11.0 Å². The molecular formula is C24H33ClF3N3O4. The predicted octanol–water partition coefficient (Wildman–Crippen LogP) is 4.41. The van der Waals surface area contributed by atoms with Crippen LogP contribution in [0.25, 0.3) is 0 Å². The molecule has 0 bridgehead atoms. The van der Waals surface area contributed by atoms with Crippen molar-refractivity contribution < 1.29 is 32.6 Å². The number of hydrogen-bond acceptors (Lipinski definition) is 4. The number of carbonyl (C=O) groups excluding carboxylic acids is 1. The number of rotatable bonds is 5. The van der Waals surface area contributed by atoms with Crippen LogP contribution in [-0.4, -0.2) is 78.2 Å². The van der Waals surface area contributed by atoms with Crippen molar-refractivity contribution in [2.45, 2.75) is 51.7 Å². The van der Waals surface area contributed by atoms with Crippen LogP contribution in [0, 0.1) is 17.2 Å². The highest BCUT2D eigenvalue weighted by atomic mass is 35.5. The van der Waals surface area contributed by atoms with Crippen molar-refractivity contribution in [3.63, 3.8) is 0 Å². The highest BCUT2D eigenvalue weighted by Crippen LogP contribution is 2.37. The first-order valence-electron chi connectivity index (χ1n) is 11.7. The largest absolute Gasteiger partial charge is 0.465 e. The Bertz CT molecular complexity index is 918. The lowest BCUT2D eigenvalue weighted by Crippen LogP contribution is -2.46. The zero-order valence-electron chi connectivity index (χ0n) is 20.2.